The second-order valence-corrected chi connectivity index (χ2v) is 7.37. The fourth-order valence-electron chi connectivity index (χ4n) is 2.41. The van der Waals surface area contributed by atoms with Crippen molar-refractivity contribution in [1.82, 2.24) is 19.7 Å². The van der Waals surface area contributed by atoms with Crippen molar-refractivity contribution in [2.75, 3.05) is 12.4 Å². The summed E-state index contributed by atoms with van der Waals surface area (Å²) in [4.78, 5) is 4.06. The van der Waals surface area contributed by atoms with E-state index in [-0.39, 0.29) is 0 Å². The summed E-state index contributed by atoms with van der Waals surface area (Å²) in [7, 11) is 0. The van der Waals surface area contributed by atoms with Gasteiger partial charge in [0.2, 0.25) is 0 Å². The molecule has 0 spiro atoms. The lowest BCUT2D eigenvalue weighted by molar-refractivity contribution is 0.344. The maximum absolute atomic E-state index is 6.11. The Bertz CT molecular complexity index is 858. The first kappa shape index (κ1) is 19.0. The van der Waals surface area contributed by atoms with Crippen LogP contribution in [0.4, 0.5) is 0 Å². The summed E-state index contributed by atoms with van der Waals surface area (Å²) in [6, 6.07) is 9.06. The van der Waals surface area contributed by atoms with Gasteiger partial charge < -0.3 is 9.30 Å². The van der Waals surface area contributed by atoms with Crippen molar-refractivity contribution in [2.45, 2.75) is 25.0 Å². The van der Waals surface area contributed by atoms with E-state index in [2.05, 4.69) is 26.7 Å². The summed E-state index contributed by atoms with van der Waals surface area (Å²) in [5.74, 6) is 2.17. The average Bonchev–Trinajstić information content (AvgIpc) is 3.05. The van der Waals surface area contributed by atoms with Gasteiger partial charge in [-0.2, -0.15) is 0 Å². The zero-order valence-corrected chi connectivity index (χ0v) is 16.6. The molecule has 0 N–H and O–H groups in total. The number of hydrogen-bond donors (Lipinski definition) is 0. The van der Waals surface area contributed by atoms with Crippen LogP contribution in [0.1, 0.15) is 13.3 Å². The van der Waals surface area contributed by atoms with Gasteiger partial charge in [-0.05, 0) is 30.7 Å². The van der Waals surface area contributed by atoms with Gasteiger partial charge in [0.05, 0.1) is 11.6 Å². The first-order valence-corrected chi connectivity index (χ1v) is 9.97. The maximum Gasteiger partial charge on any atom is 0.191 e. The lowest BCUT2D eigenvalue weighted by atomic mass is 10.2. The highest BCUT2D eigenvalue weighted by Crippen LogP contribution is 2.28. The van der Waals surface area contributed by atoms with E-state index in [1.54, 1.807) is 42.4 Å². The molecular formula is C18H18Cl2N4OS. The number of aromatic nitrogens is 4. The highest BCUT2D eigenvalue weighted by molar-refractivity contribution is 7.99. The van der Waals surface area contributed by atoms with Gasteiger partial charge >= 0.3 is 0 Å². The van der Waals surface area contributed by atoms with Crippen LogP contribution >= 0.6 is 35.0 Å². The SMILES string of the molecule is CCCn1c(SCCOc2cc(Cl)ccc2Cl)nnc1-c1ccncc1. The summed E-state index contributed by atoms with van der Waals surface area (Å²) in [5, 5.41) is 10.7. The van der Waals surface area contributed by atoms with E-state index in [0.29, 0.717) is 22.4 Å². The number of benzene rings is 1. The van der Waals surface area contributed by atoms with Gasteiger partial charge in [-0.15, -0.1) is 10.2 Å². The Morgan fingerprint density at radius 2 is 1.92 bits per heavy atom. The minimum Gasteiger partial charge on any atom is -0.491 e. The topological polar surface area (TPSA) is 52.8 Å². The monoisotopic (exact) mass is 408 g/mol. The molecular weight excluding hydrogens is 391 g/mol. The number of halogens is 2. The summed E-state index contributed by atoms with van der Waals surface area (Å²) in [5.41, 5.74) is 1.01. The average molecular weight is 409 g/mol. The van der Waals surface area contributed by atoms with Gasteiger partial charge in [0.25, 0.3) is 0 Å². The van der Waals surface area contributed by atoms with Crippen LogP contribution in [0.5, 0.6) is 5.75 Å². The third-order valence-corrected chi connectivity index (χ3v) is 5.05. The fourth-order valence-corrected chi connectivity index (χ4v) is 3.52. The summed E-state index contributed by atoms with van der Waals surface area (Å²) in [6.07, 6.45) is 4.52. The highest BCUT2D eigenvalue weighted by atomic mass is 35.5. The summed E-state index contributed by atoms with van der Waals surface area (Å²) >= 11 is 13.7. The fraction of sp³-hybridized carbons (Fsp3) is 0.278. The number of nitrogens with zero attached hydrogens (tertiary/aromatic N) is 4. The molecule has 2 aromatic heterocycles. The number of pyridine rings is 1. The van der Waals surface area contributed by atoms with E-state index < -0.39 is 0 Å². The molecule has 0 saturated heterocycles. The zero-order valence-electron chi connectivity index (χ0n) is 14.2. The molecule has 8 heteroatoms. The van der Waals surface area contributed by atoms with Gasteiger partial charge in [0.15, 0.2) is 11.0 Å². The molecule has 0 unspecified atom stereocenters. The molecule has 1 aromatic carbocycles. The summed E-state index contributed by atoms with van der Waals surface area (Å²) in [6.45, 7) is 3.48. The molecule has 136 valence electrons. The van der Waals surface area contributed by atoms with Crippen molar-refractivity contribution in [1.29, 1.82) is 0 Å². The standard InChI is InChI=1S/C18H18Cl2N4OS/c1-2-9-24-17(13-5-7-21-8-6-13)22-23-18(24)26-11-10-25-16-12-14(19)3-4-15(16)20/h3-8,12H,2,9-11H2,1H3. The third kappa shape index (κ3) is 4.69. The van der Waals surface area contributed by atoms with Gasteiger partial charge in [-0.3, -0.25) is 4.98 Å². The van der Waals surface area contributed by atoms with Crippen LogP contribution in [0.2, 0.25) is 10.0 Å². The Morgan fingerprint density at radius 1 is 1.12 bits per heavy atom. The maximum atomic E-state index is 6.11. The predicted molar refractivity (Wildman–Crippen MR) is 106 cm³/mol. The lowest BCUT2D eigenvalue weighted by Crippen LogP contribution is -2.05. The normalized spacial score (nSPS) is 10.9. The minimum atomic E-state index is 0.494. The van der Waals surface area contributed by atoms with Crippen LogP contribution in [0, 0.1) is 0 Å². The Balaban J connectivity index is 1.64. The van der Waals surface area contributed by atoms with E-state index in [9.17, 15) is 0 Å². The van der Waals surface area contributed by atoms with Crippen molar-refractivity contribution < 1.29 is 4.74 Å². The molecule has 0 fully saturated rings. The van der Waals surface area contributed by atoms with E-state index >= 15 is 0 Å². The second kappa shape index (κ2) is 9.26. The molecule has 0 amide bonds. The molecule has 5 nitrogen and oxygen atoms in total. The first-order chi connectivity index (χ1) is 12.7. The van der Waals surface area contributed by atoms with Crippen LogP contribution in [0.25, 0.3) is 11.4 Å². The van der Waals surface area contributed by atoms with Crippen LogP contribution in [0.15, 0.2) is 47.9 Å². The zero-order chi connectivity index (χ0) is 18.4. The molecule has 0 radical (unpaired) electrons. The van der Waals surface area contributed by atoms with Crippen molar-refractivity contribution in [3.63, 3.8) is 0 Å². The van der Waals surface area contributed by atoms with Crippen molar-refractivity contribution in [2.24, 2.45) is 0 Å². The van der Waals surface area contributed by atoms with Gasteiger partial charge in [-0.25, -0.2) is 0 Å². The van der Waals surface area contributed by atoms with Crippen LogP contribution in [-0.2, 0) is 6.54 Å². The molecule has 0 aliphatic heterocycles. The van der Waals surface area contributed by atoms with Crippen LogP contribution in [0.3, 0.4) is 0 Å². The third-order valence-electron chi connectivity index (χ3n) is 3.57. The lowest BCUT2D eigenvalue weighted by Gasteiger charge is -2.10. The van der Waals surface area contributed by atoms with Crippen molar-refractivity contribution in [3.05, 3.63) is 52.8 Å². The van der Waals surface area contributed by atoms with Crippen molar-refractivity contribution >= 4 is 35.0 Å². The quantitative estimate of drug-likeness (QED) is 0.377. The Kier molecular flexibility index (Phi) is 6.77. The summed E-state index contributed by atoms with van der Waals surface area (Å²) < 4.78 is 7.86. The van der Waals surface area contributed by atoms with E-state index in [4.69, 9.17) is 27.9 Å². The highest BCUT2D eigenvalue weighted by Gasteiger charge is 2.13. The Labute approximate surface area is 166 Å². The molecule has 0 saturated carbocycles. The molecule has 26 heavy (non-hydrogen) atoms. The molecule has 0 atom stereocenters. The largest absolute Gasteiger partial charge is 0.491 e. The number of ether oxygens (including phenoxy) is 1. The van der Waals surface area contributed by atoms with E-state index in [0.717, 1.165) is 35.3 Å². The molecule has 0 bridgehead atoms. The number of hydrogen-bond acceptors (Lipinski definition) is 5. The van der Waals surface area contributed by atoms with Gasteiger partial charge in [0.1, 0.15) is 5.75 Å². The Morgan fingerprint density at radius 3 is 2.69 bits per heavy atom. The van der Waals surface area contributed by atoms with Crippen LogP contribution in [-0.4, -0.2) is 32.1 Å². The van der Waals surface area contributed by atoms with Crippen LogP contribution < -0.4 is 4.74 Å². The molecule has 0 aliphatic rings. The van der Waals surface area contributed by atoms with E-state index in [1.807, 2.05) is 12.1 Å². The smallest absolute Gasteiger partial charge is 0.191 e. The number of rotatable bonds is 8. The second-order valence-electron chi connectivity index (χ2n) is 5.47. The van der Waals surface area contributed by atoms with E-state index in [1.165, 1.54) is 0 Å². The minimum absolute atomic E-state index is 0.494. The van der Waals surface area contributed by atoms with Gasteiger partial charge in [0, 0.05) is 41.3 Å². The first-order valence-electron chi connectivity index (χ1n) is 8.23. The van der Waals surface area contributed by atoms with Gasteiger partial charge in [-0.1, -0.05) is 41.9 Å². The number of thioether (sulfide) groups is 1. The van der Waals surface area contributed by atoms with Crippen molar-refractivity contribution in [3.8, 4) is 17.1 Å². The molecule has 3 rings (SSSR count). The Hall–Kier alpha value is -1.76. The molecule has 3 aromatic rings. The molecule has 0 aliphatic carbocycles. The predicted octanol–water partition coefficient (Wildman–Crippen LogP) is 5.23. The molecule has 2 heterocycles.